The quantitative estimate of drug-likeness (QED) is 0.455. The molecule has 0 spiro atoms. The molecule has 184 valence electrons. The number of piperidine rings is 1. The summed E-state index contributed by atoms with van der Waals surface area (Å²) in [6.45, 7) is 18.9. The van der Waals surface area contributed by atoms with Crippen molar-refractivity contribution in [2.24, 2.45) is 5.92 Å². The number of likely N-dealkylation sites (tertiary alicyclic amines) is 1. The molecule has 35 heavy (non-hydrogen) atoms. The Hall–Kier alpha value is -3.17. The Morgan fingerprint density at radius 2 is 1.66 bits per heavy atom. The highest BCUT2D eigenvalue weighted by atomic mass is 16.2. The van der Waals surface area contributed by atoms with E-state index in [9.17, 15) is 9.59 Å². The summed E-state index contributed by atoms with van der Waals surface area (Å²) < 4.78 is 0. The predicted molar refractivity (Wildman–Crippen MR) is 138 cm³/mol. The Morgan fingerprint density at radius 1 is 1.00 bits per heavy atom. The molecule has 0 bridgehead atoms. The second kappa shape index (κ2) is 9.83. The van der Waals surface area contributed by atoms with E-state index in [-0.39, 0.29) is 17.9 Å². The summed E-state index contributed by atoms with van der Waals surface area (Å²) in [5.41, 5.74) is 2.82. The van der Waals surface area contributed by atoms with Crippen LogP contribution in [-0.2, 0) is 15.9 Å². The number of carbonyl (C=O) groups is 2. The third-order valence-electron chi connectivity index (χ3n) is 7.90. The average molecular weight is 473 g/mol. The van der Waals surface area contributed by atoms with Crippen molar-refractivity contribution in [1.82, 2.24) is 15.1 Å². The maximum absolute atomic E-state index is 13.6. The van der Waals surface area contributed by atoms with E-state index in [1.54, 1.807) is 0 Å². The molecule has 0 aliphatic carbocycles. The maximum Gasteiger partial charge on any atom is 0.325 e. The van der Waals surface area contributed by atoms with E-state index in [1.165, 1.54) is 10.5 Å². The highest BCUT2D eigenvalue weighted by Gasteiger charge is 2.54. The molecule has 2 aromatic carbocycles. The number of hydrogen-bond donors (Lipinski definition) is 1. The van der Waals surface area contributed by atoms with Gasteiger partial charge in [-0.25, -0.2) is 11.4 Å². The molecule has 1 N–H and O–H groups in total. The van der Waals surface area contributed by atoms with Crippen LogP contribution < -0.4 is 5.32 Å². The third-order valence-corrected chi connectivity index (χ3v) is 7.90. The maximum atomic E-state index is 13.6. The zero-order chi connectivity index (χ0) is 25.2. The average Bonchev–Trinajstić information content (AvgIpc) is 3.11. The summed E-state index contributed by atoms with van der Waals surface area (Å²) >= 11 is 0. The molecule has 3 amide bonds. The van der Waals surface area contributed by atoms with Crippen LogP contribution in [-0.4, -0.2) is 47.9 Å². The number of rotatable bonds is 7. The second-order valence-corrected chi connectivity index (χ2v) is 10.4. The molecule has 2 aliphatic rings. The van der Waals surface area contributed by atoms with Crippen molar-refractivity contribution in [3.05, 3.63) is 82.2 Å². The molecule has 2 saturated heterocycles. The molecule has 0 radical (unpaired) electrons. The zero-order valence-corrected chi connectivity index (χ0v) is 21.3. The van der Waals surface area contributed by atoms with Gasteiger partial charge in [0, 0.05) is 38.0 Å². The normalized spacial score (nSPS) is 22.3. The van der Waals surface area contributed by atoms with E-state index >= 15 is 0 Å². The first-order valence-electron chi connectivity index (χ1n) is 12.6. The van der Waals surface area contributed by atoms with Gasteiger partial charge in [0.25, 0.3) is 11.4 Å². The van der Waals surface area contributed by atoms with Crippen molar-refractivity contribution in [3.8, 4) is 0 Å². The molecule has 2 aliphatic heterocycles. The van der Waals surface area contributed by atoms with E-state index in [0.717, 1.165) is 55.6 Å². The fourth-order valence-corrected chi connectivity index (χ4v) is 5.67. The predicted octanol–water partition coefficient (Wildman–Crippen LogP) is 5.01. The number of amides is 3. The lowest BCUT2D eigenvalue weighted by Gasteiger charge is -2.35. The highest BCUT2D eigenvalue weighted by molar-refractivity contribution is 6.07. The first-order chi connectivity index (χ1) is 16.7. The van der Waals surface area contributed by atoms with Crippen molar-refractivity contribution in [2.75, 3.05) is 26.2 Å². The topological polar surface area (TPSA) is 57.0 Å². The van der Waals surface area contributed by atoms with Gasteiger partial charge in [0.2, 0.25) is 0 Å². The highest BCUT2D eigenvalue weighted by Crippen LogP contribution is 2.39. The van der Waals surface area contributed by atoms with E-state index in [2.05, 4.69) is 34.1 Å². The van der Waals surface area contributed by atoms with E-state index in [4.69, 9.17) is 6.57 Å². The van der Waals surface area contributed by atoms with Crippen LogP contribution >= 0.6 is 0 Å². The molecule has 2 heterocycles. The number of hydrogen-bond acceptors (Lipinski definition) is 3. The van der Waals surface area contributed by atoms with Gasteiger partial charge in [-0.1, -0.05) is 67.9 Å². The van der Waals surface area contributed by atoms with Crippen molar-refractivity contribution in [3.63, 3.8) is 0 Å². The van der Waals surface area contributed by atoms with Crippen molar-refractivity contribution < 1.29 is 9.59 Å². The molecule has 0 saturated carbocycles. The fraction of sp³-hybridized carbons (Fsp3) is 0.483. The lowest BCUT2D eigenvalue weighted by Crippen LogP contribution is -2.48. The van der Waals surface area contributed by atoms with Gasteiger partial charge in [-0.05, 0) is 43.9 Å². The van der Waals surface area contributed by atoms with E-state index < -0.39 is 11.1 Å². The van der Waals surface area contributed by atoms with Gasteiger partial charge >= 0.3 is 6.03 Å². The molecule has 6 nitrogen and oxygen atoms in total. The lowest BCUT2D eigenvalue weighted by molar-refractivity contribution is -0.133. The van der Waals surface area contributed by atoms with Crippen LogP contribution in [0.1, 0.15) is 55.4 Å². The molecular weight excluding hydrogens is 436 g/mol. The van der Waals surface area contributed by atoms with Crippen LogP contribution in [0, 0.1) is 26.3 Å². The minimum absolute atomic E-state index is 0.0723. The van der Waals surface area contributed by atoms with E-state index in [1.807, 2.05) is 57.2 Å². The summed E-state index contributed by atoms with van der Waals surface area (Å²) in [6, 6.07) is 15.8. The standard InChI is InChI=1S/C29H36N4O2/c1-21(2)29(24-13-11-22(3)12-14-24)26(34)33(27(35)31-29)18-8-17-32-19-15-28(30-5,16-20-32)25-10-7-6-9-23(25)4/h6-7,9-14,21H,8,15-20H2,1-4H3,(H,31,35). The first-order valence-corrected chi connectivity index (χ1v) is 12.6. The smallest absolute Gasteiger partial charge is 0.319 e. The number of carbonyl (C=O) groups excluding carboxylic acids is 2. The Labute approximate surface area is 209 Å². The zero-order valence-electron chi connectivity index (χ0n) is 21.3. The van der Waals surface area contributed by atoms with Crippen molar-refractivity contribution in [2.45, 2.75) is 58.0 Å². The molecular formula is C29H36N4O2. The Kier molecular flexibility index (Phi) is 7.00. The number of benzene rings is 2. The van der Waals surface area contributed by atoms with Crippen LogP contribution in [0.3, 0.4) is 0 Å². The van der Waals surface area contributed by atoms with Gasteiger partial charge in [0.1, 0.15) is 5.54 Å². The molecule has 2 aromatic rings. The SMILES string of the molecule is [C-]#[N+]C1(c2ccccc2C)CCN(CCCN2C(=O)NC(c3ccc(C)cc3)(C(C)C)C2=O)CC1. The number of imide groups is 1. The number of aryl methyl sites for hydroxylation is 2. The third kappa shape index (κ3) is 4.46. The second-order valence-electron chi connectivity index (χ2n) is 10.4. The summed E-state index contributed by atoms with van der Waals surface area (Å²) in [5.74, 6) is -0.233. The molecule has 1 atom stereocenters. The molecule has 0 aromatic heterocycles. The Balaban J connectivity index is 1.37. The summed E-state index contributed by atoms with van der Waals surface area (Å²) in [6.07, 6.45) is 2.32. The molecule has 1 unspecified atom stereocenters. The van der Waals surface area contributed by atoms with Crippen LogP contribution in [0.2, 0.25) is 0 Å². The Bertz CT molecular complexity index is 1130. The van der Waals surface area contributed by atoms with Gasteiger partial charge < -0.3 is 15.1 Å². The van der Waals surface area contributed by atoms with Gasteiger partial charge in [-0.2, -0.15) is 0 Å². The molecule has 6 heteroatoms. The molecule has 2 fully saturated rings. The molecule has 4 rings (SSSR count). The van der Waals surface area contributed by atoms with Gasteiger partial charge in [0.15, 0.2) is 0 Å². The number of urea groups is 1. The summed E-state index contributed by atoms with van der Waals surface area (Å²) in [5, 5.41) is 3.02. The van der Waals surface area contributed by atoms with Gasteiger partial charge in [-0.3, -0.25) is 9.69 Å². The van der Waals surface area contributed by atoms with Gasteiger partial charge in [-0.15, -0.1) is 0 Å². The first kappa shape index (κ1) is 24.9. The Morgan fingerprint density at radius 3 is 2.26 bits per heavy atom. The van der Waals surface area contributed by atoms with Crippen molar-refractivity contribution in [1.29, 1.82) is 0 Å². The minimum atomic E-state index is -1.02. The van der Waals surface area contributed by atoms with E-state index in [0.29, 0.717) is 6.54 Å². The van der Waals surface area contributed by atoms with Crippen LogP contribution in [0.4, 0.5) is 4.79 Å². The lowest BCUT2D eigenvalue weighted by atomic mass is 9.79. The van der Waals surface area contributed by atoms with Gasteiger partial charge in [0.05, 0.1) is 0 Å². The fourth-order valence-electron chi connectivity index (χ4n) is 5.67. The largest absolute Gasteiger partial charge is 0.325 e. The summed E-state index contributed by atoms with van der Waals surface area (Å²) in [7, 11) is 0. The van der Waals surface area contributed by atoms with Crippen LogP contribution in [0.25, 0.3) is 4.85 Å². The number of nitrogens with zero attached hydrogens (tertiary/aromatic N) is 3. The monoisotopic (exact) mass is 472 g/mol. The summed E-state index contributed by atoms with van der Waals surface area (Å²) in [4.78, 5) is 34.3. The minimum Gasteiger partial charge on any atom is -0.319 e. The van der Waals surface area contributed by atoms with Crippen LogP contribution in [0.15, 0.2) is 48.5 Å². The van der Waals surface area contributed by atoms with Crippen molar-refractivity contribution >= 4 is 11.9 Å². The number of nitrogens with one attached hydrogen (secondary N) is 1. The van der Waals surface area contributed by atoms with Crippen LogP contribution in [0.5, 0.6) is 0 Å².